The van der Waals surface area contributed by atoms with Crippen LogP contribution in [-0.2, 0) is 6.54 Å². The van der Waals surface area contributed by atoms with Crippen LogP contribution < -0.4 is 11.2 Å². The molecule has 3 N–H and O–H groups in total. The molecule has 0 radical (unpaired) electrons. The van der Waals surface area contributed by atoms with E-state index in [1.54, 1.807) is 10.7 Å². The number of hydrogen-bond acceptors (Lipinski definition) is 4. The van der Waals surface area contributed by atoms with E-state index in [4.69, 9.17) is 5.73 Å². The molecule has 0 unspecified atom stereocenters. The zero-order chi connectivity index (χ0) is 24.5. The number of nitrogens with one attached hydrogen (secondary N) is 1. The fraction of sp³-hybridized carbons (Fsp3) is 0.107. The normalized spacial score (nSPS) is 11.0. The molecular weight excluding hydrogens is 436 g/mol. The highest BCUT2D eigenvalue weighted by Crippen LogP contribution is 2.26. The van der Waals surface area contributed by atoms with Crippen molar-refractivity contribution in [1.82, 2.24) is 14.3 Å². The van der Waals surface area contributed by atoms with Crippen molar-refractivity contribution in [3.8, 4) is 16.8 Å². The topological polar surface area (TPSA) is 90.2 Å². The Morgan fingerprint density at radius 2 is 1.77 bits per heavy atom. The van der Waals surface area contributed by atoms with Crippen molar-refractivity contribution in [2.24, 2.45) is 10.8 Å². The molecule has 0 atom stereocenters. The number of primary amides is 1. The molecule has 7 heteroatoms. The molecule has 35 heavy (non-hydrogen) atoms. The second kappa shape index (κ2) is 8.95. The molecule has 3 aromatic carbocycles. The Kier molecular flexibility index (Phi) is 5.66. The number of fused-ring (bicyclic) bond motifs is 1. The van der Waals surface area contributed by atoms with Crippen LogP contribution in [0.5, 0.6) is 0 Å². The number of benzene rings is 3. The maximum atomic E-state index is 11.5. The molecule has 0 saturated heterocycles. The average molecular weight is 463 g/mol. The highest BCUT2D eigenvalue weighted by molar-refractivity contribution is 5.91. The van der Waals surface area contributed by atoms with Gasteiger partial charge in [0.05, 0.1) is 11.4 Å². The molecule has 0 spiro atoms. The summed E-state index contributed by atoms with van der Waals surface area (Å²) in [6.45, 7) is 8.21. The van der Waals surface area contributed by atoms with Gasteiger partial charge in [-0.3, -0.25) is 10.2 Å². The van der Waals surface area contributed by atoms with Crippen molar-refractivity contribution in [1.29, 1.82) is 0 Å². The molecule has 0 aliphatic heterocycles. The van der Waals surface area contributed by atoms with Crippen LogP contribution >= 0.6 is 0 Å². The Labute approximate surface area is 203 Å². The van der Waals surface area contributed by atoms with Crippen LogP contribution in [-0.4, -0.2) is 27.0 Å². The molecule has 2 aromatic heterocycles. The molecule has 0 bridgehead atoms. The van der Waals surface area contributed by atoms with Gasteiger partial charge in [0.25, 0.3) is 5.91 Å². The Morgan fingerprint density at radius 1 is 1.00 bits per heavy atom. The quantitative estimate of drug-likeness (QED) is 0.254. The largest absolute Gasteiger partial charge is 0.364 e. The van der Waals surface area contributed by atoms with Gasteiger partial charge in [-0.1, -0.05) is 30.3 Å². The van der Waals surface area contributed by atoms with Crippen LogP contribution in [0.4, 0.5) is 5.69 Å². The van der Waals surface area contributed by atoms with Crippen molar-refractivity contribution in [2.75, 3.05) is 5.43 Å². The van der Waals surface area contributed by atoms with E-state index in [1.807, 2.05) is 19.1 Å². The standard InChI is InChI=1S/C28H26N6O/c1-18-14-22(8-10-25(18)31-30-3)21-6-4-20(5-7-21)17-33-13-12-23-16-24(9-11-27(23)33)34-19(2)15-26(32-34)28(29)35/h4-16,31H,3,17H2,1-2H3,(H2,29,35). The first-order valence-corrected chi connectivity index (χ1v) is 11.3. The molecule has 2 heterocycles. The molecule has 0 saturated carbocycles. The summed E-state index contributed by atoms with van der Waals surface area (Å²) in [5.74, 6) is -0.528. The predicted molar refractivity (Wildman–Crippen MR) is 141 cm³/mol. The summed E-state index contributed by atoms with van der Waals surface area (Å²) in [6.07, 6.45) is 2.09. The second-order valence-corrected chi connectivity index (χ2v) is 8.63. The maximum absolute atomic E-state index is 11.5. The number of hydrazone groups is 1. The third kappa shape index (κ3) is 4.31. The van der Waals surface area contributed by atoms with E-state index in [1.165, 1.54) is 11.1 Å². The van der Waals surface area contributed by atoms with Crippen molar-refractivity contribution < 1.29 is 4.79 Å². The van der Waals surface area contributed by atoms with Gasteiger partial charge in [-0.25, -0.2) is 4.68 Å². The number of amides is 1. The summed E-state index contributed by atoms with van der Waals surface area (Å²) in [5.41, 5.74) is 17.1. The molecule has 0 aliphatic carbocycles. The van der Waals surface area contributed by atoms with E-state index in [0.29, 0.717) is 0 Å². The number of carbonyl (C=O) groups excluding carboxylic acids is 1. The van der Waals surface area contributed by atoms with Gasteiger partial charge in [-0.2, -0.15) is 10.2 Å². The number of aromatic nitrogens is 3. The molecule has 5 rings (SSSR count). The lowest BCUT2D eigenvalue weighted by Gasteiger charge is -2.10. The van der Waals surface area contributed by atoms with Crippen LogP contribution in [0.25, 0.3) is 27.7 Å². The Balaban J connectivity index is 1.37. The SMILES string of the molecule is C=NNc1ccc(-c2ccc(Cn3ccc4cc(-n5nc(C(N)=O)cc5C)ccc43)cc2)cc1C. The highest BCUT2D eigenvalue weighted by atomic mass is 16.1. The number of nitrogens with two attached hydrogens (primary N) is 1. The molecule has 0 fully saturated rings. The van der Waals surface area contributed by atoms with E-state index in [9.17, 15) is 4.79 Å². The molecule has 7 nitrogen and oxygen atoms in total. The van der Waals surface area contributed by atoms with E-state index in [2.05, 4.69) is 94.6 Å². The zero-order valence-corrected chi connectivity index (χ0v) is 19.7. The van der Waals surface area contributed by atoms with Gasteiger partial charge in [0.2, 0.25) is 0 Å². The van der Waals surface area contributed by atoms with Crippen LogP contribution in [0, 0.1) is 13.8 Å². The number of hydrogen-bond donors (Lipinski definition) is 2. The monoisotopic (exact) mass is 462 g/mol. The second-order valence-electron chi connectivity index (χ2n) is 8.63. The third-order valence-corrected chi connectivity index (χ3v) is 6.21. The first-order valence-electron chi connectivity index (χ1n) is 11.3. The van der Waals surface area contributed by atoms with E-state index in [-0.39, 0.29) is 5.69 Å². The van der Waals surface area contributed by atoms with Crippen LogP contribution in [0.3, 0.4) is 0 Å². The van der Waals surface area contributed by atoms with Gasteiger partial charge in [0.1, 0.15) is 0 Å². The van der Waals surface area contributed by atoms with Gasteiger partial charge in [0.15, 0.2) is 5.69 Å². The average Bonchev–Trinajstić information content (AvgIpc) is 3.44. The van der Waals surface area contributed by atoms with Gasteiger partial charge in [0, 0.05) is 36.1 Å². The maximum Gasteiger partial charge on any atom is 0.269 e. The fourth-order valence-electron chi connectivity index (χ4n) is 4.37. The van der Waals surface area contributed by atoms with Gasteiger partial charge in [-0.15, -0.1) is 0 Å². The lowest BCUT2D eigenvalue weighted by atomic mass is 10.0. The summed E-state index contributed by atoms with van der Waals surface area (Å²) in [6, 6.07) is 24.9. The lowest BCUT2D eigenvalue weighted by Crippen LogP contribution is -2.12. The van der Waals surface area contributed by atoms with Gasteiger partial charge < -0.3 is 10.3 Å². The van der Waals surface area contributed by atoms with Gasteiger partial charge in [-0.05, 0) is 78.6 Å². The van der Waals surface area contributed by atoms with Gasteiger partial charge >= 0.3 is 0 Å². The Bertz CT molecular complexity index is 1560. The lowest BCUT2D eigenvalue weighted by molar-refractivity contribution is 0.0995. The molecule has 5 aromatic rings. The number of anilines is 1. The van der Waals surface area contributed by atoms with Crippen LogP contribution in [0.1, 0.15) is 27.3 Å². The Morgan fingerprint density at radius 3 is 2.46 bits per heavy atom. The predicted octanol–water partition coefficient (Wildman–Crippen LogP) is 5.29. The van der Waals surface area contributed by atoms with Crippen LogP contribution in [0.2, 0.25) is 0 Å². The Hall–Kier alpha value is -4.65. The number of aryl methyl sites for hydroxylation is 2. The number of nitrogens with zero attached hydrogens (tertiary/aromatic N) is 4. The molecule has 0 aliphatic rings. The molecule has 1 amide bonds. The van der Waals surface area contributed by atoms with Crippen molar-refractivity contribution in [3.05, 3.63) is 102 Å². The minimum absolute atomic E-state index is 0.264. The van der Waals surface area contributed by atoms with Crippen molar-refractivity contribution >= 4 is 29.2 Å². The van der Waals surface area contributed by atoms with Crippen molar-refractivity contribution in [2.45, 2.75) is 20.4 Å². The summed E-state index contributed by atoms with van der Waals surface area (Å²) in [5, 5.41) is 9.19. The first-order chi connectivity index (χ1) is 16.9. The third-order valence-electron chi connectivity index (χ3n) is 6.21. The molecule has 174 valence electrons. The summed E-state index contributed by atoms with van der Waals surface area (Å²) in [4.78, 5) is 11.5. The summed E-state index contributed by atoms with van der Waals surface area (Å²) in [7, 11) is 0. The molecular formula is C28H26N6O. The minimum atomic E-state index is -0.528. The minimum Gasteiger partial charge on any atom is -0.364 e. The fourth-order valence-corrected chi connectivity index (χ4v) is 4.37. The summed E-state index contributed by atoms with van der Waals surface area (Å²) < 4.78 is 3.97. The smallest absolute Gasteiger partial charge is 0.269 e. The van der Waals surface area contributed by atoms with Crippen LogP contribution in [0.15, 0.2) is 84.1 Å². The number of rotatable bonds is 7. The number of carbonyl (C=O) groups is 1. The van der Waals surface area contributed by atoms with Crippen molar-refractivity contribution in [3.63, 3.8) is 0 Å². The zero-order valence-electron chi connectivity index (χ0n) is 19.7. The summed E-state index contributed by atoms with van der Waals surface area (Å²) >= 11 is 0. The highest BCUT2D eigenvalue weighted by Gasteiger charge is 2.12. The van der Waals surface area contributed by atoms with E-state index < -0.39 is 5.91 Å². The van der Waals surface area contributed by atoms with E-state index in [0.717, 1.165) is 45.6 Å². The van der Waals surface area contributed by atoms with E-state index >= 15 is 0 Å². The first kappa shape index (κ1) is 22.2.